The third kappa shape index (κ3) is 4.73. The molecule has 0 aromatic rings. The molecule has 3 N–H and O–H groups in total. The van der Waals surface area contributed by atoms with E-state index < -0.39 is 0 Å². The number of hydrogen-bond donors (Lipinski definition) is 2. The van der Waals surface area contributed by atoms with E-state index in [-0.39, 0.29) is 0 Å². The summed E-state index contributed by atoms with van der Waals surface area (Å²) in [6.07, 6.45) is 3.88. The van der Waals surface area contributed by atoms with Crippen molar-refractivity contribution in [2.24, 2.45) is 17.6 Å². The second-order valence-electron chi connectivity index (χ2n) is 3.59. The first-order valence-corrected chi connectivity index (χ1v) is 5.16. The minimum Gasteiger partial charge on any atom is -0.318 e. The minimum absolute atomic E-state index is 0.608. The van der Waals surface area contributed by atoms with Gasteiger partial charge in [0, 0.05) is 6.67 Å². The van der Waals surface area contributed by atoms with Gasteiger partial charge in [-0.3, -0.25) is 0 Å². The Morgan fingerprint density at radius 3 is 2.42 bits per heavy atom. The molecule has 0 saturated heterocycles. The van der Waals surface area contributed by atoms with Crippen molar-refractivity contribution in [2.45, 2.75) is 40.0 Å². The zero-order valence-electron chi connectivity index (χ0n) is 8.77. The number of nitrogens with one attached hydrogen (secondary N) is 1. The van der Waals surface area contributed by atoms with Crippen LogP contribution in [0.2, 0.25) is 0 Å². The van der Waals surface area contributed by atoms with E-state index in [1.165, 1.54) is 19.3 Å². The largest absolute Gasteiger partial charge is 0.318 e. The molecular weight excluding hydrogens is 148 g/mol. The third-order valence-corrected chi connectivity index (χ3v) is 2.66. The first kappa shape index (κ1) is 11.9. The molecule has 2 unspecified atom stereocenters. The van der Waals surface area contributed by atoms with Crippen LogP contribution < -0.4 is 11.1 Å². The van der Waals surface area contributed by atoms with Gasteiger partial charge in [-0.2, -0.15) is 0 Å². The molecule has 0 saturated carbocycles. The van der Waals surface area contributed by atoms with E-state index in [9.17, 15) is 0 Å². The molecule has 0 radical (unpaired) electrons. The van der Waals surface area contributed by atoms with Gasteiger partial charge in [0.15, 0.2) is 0 Å². The fourth-order valence-corrected chi connectivity index (χ4v) is 1.56. The molecule has 12 heavy (non-hydrogen) atoms. The second kappa shape index (κ2) is 7.56. The summed E-state index contributed by atoms with van der Waals surface area (Å²) in [6, 6.07) is 0. The van der Waals surface area contributed by atoms with E-state index in [1.807, 2.05) is 0 Å². The van der Waals surface area contributed by atoms with Gasteiger partial charge in [-0.25, -0.2) is 0 Å². The lowest BCUT2D eigenvalue weighted by molar-refractivity contribution is 0.311. The van der Waals surface area contributed by atoms with Gasteiger partial charge in [0.2, 0.25) is 0 Å². The predicted octanol–water partition coefficient (Wildman–Crippen LogP) is 1.95. The molecule has 0 heterocycles. The van der Waals surface area contributed by atoms with Crippen LogP contribution in [-0.4, -0.2) is 13.2 Å². The predicted molar refractivity (Wildman–Crippen MR) is 54.9 cm³/mol. The molecule has 0 rings (SSSR count). The van der Waals surface area contributed by atoms with Gasteiger partial charge in [-0.05, 0) is 24.8 Å². The second-order valence-corrected chi connectivity index (χ2v) is 3.59. The van der Waals surface area contributed by atoms with E-state index in [2.05, 4.69) is 26.1 Å². The fraction of sp³-hybridized carbons (Fsp3) is 1.00. The van der Waals surface area contributed by atoms with Gasteiger partial charge in [-0.15, -0.1) is 0 Å². The van der Waals surface area contributed by atoms with Crippen LogP contribution in [0.3, 0.4) is 0 Å². The molecule has 0 bridgehead atoms. The van der Waals surface area contributed by atoms with Crippen molar-refractivity contribution < 1.29 is 0 Å². The highest BCUT2D eigenvalue weighted by Crippen LogP contribution is 2.19. The summed E-state index contributed by atoms with van der Waals surface area (Å²) in [4.78, 5) is 0. The lowest BCUT2D eigenvalue weighted by atomic mass is 9.88. The molecule has 0 aromatic heterocycles. The van der Waals surface area contributed by atoms with E-state index in [0.29, 0.717) is 6.67 Å². The highest BCUT2D eigenvalue weighted by atomic mass is 14.9. The summed E-state index contributed by atoms with van der Waals surface area (Å²) < 4.78 is 0. The van der Waals surface area contributed by atoms with Crippen LogP contribution in [0.5, 0.6) is 0 Å². The Balaban J connectivity index is 3.68. The summed E-state index contributed by atoms with van der Waals surface area (Å²) in [5, 5.41) is 3.23. The van der Waals surface area contributed by atoms with E-state index >= 15 is 0 Å². The van der Waals surface area contributed by atoms with Gasteiger partial charge >= 0.3 is 0 Å². The Labute approximate surface area is 76.9 Å². The Bertz CT molecular complexity index is 93.8. The molecule has 0 aliphatic carbocycles. The molecule has 74 valence electrons. The highest BCUT2D eigenvalue weighted by molar-refractivity contribution is 4.67. The van der Waals surface area contributed by atoms with Crippen molar-refractivity contribution in [3.63, 3.8) is 0 Å². The highest BCUT2D eigenvalue weighted by Gasteiger charge is 2.13. The molecule has 2 nitrogen and oxygen atoms in total. The third-order valence-electron chi connectivity index (χ3n) is 2.66. The topological polar surface area (TPSA) is 38.0 Å². The van der Waals surface area contributed by atoms with Crippen LogP contribution in [0, 0.1) is 11.8 Å². The average Bonchev–Trinajstić information content (AvgIpc) is 2.11. The Hall–Kier alpha value is -0.0800. The van der Waals surface area contributed by atoms with Crippen LogP contribution >= 0.6 is 0 Å². The van der Waals surface area contributed by atoms with Crippen LogP contribution in [0.15, 0.2) is 0 Å². The SMILES string of the molecule is CCCC(CNCN)C(C)CC. The summed E-state index contributed by atoms with van der Waals surface area (Å²) >= 11 is 0. The first-order chi connectivity index (χ1) is 5.76. The van der Waals surface area contributed by atoms with Gasteiger partial charge in [0.1, 0.15) is 0 Å². The smallest absolute Gasteiger partial charge is 0.0428 e. The van der Waals surface area contributed by atoms with Gasteiger partial charge in [-0.1, -0.05) is 33.6 Å². The number of hydrogen-bond acceptors (Lipinski definition) is 2. The van der Waals surface area contributed by atoms with Crippen LogP contribution in [0.25, 0.3) is 0 Å². The van der Waals surface area contributed by atoms with Crippen molar-refractivity contribution in [3.05, 3.63) is 0 Å². The van der Waals surface area contributed by atoms with Crippen molar-refractivity contribution >= 4 is 0 Å². The van der Waals surface area contributed by atoms with Crippen LogP contribution in [-0.2, 0) is 0 Å². The molecule has 0 amide bonds. The Morgan fingerprint density at radius 1 is 1.33 bits per heavy atom. The van der Waals surface area contributed by atoms with Gasteiger partial charge in [0.05, 0.1) is 0 Å². The maximum absolute atomic E-state index is 5.40. The van der Waals surface area contributed by atoms with Crippen molar-refractivity contribution in [2.75, 3.05) is 13.2 Å². The quantitative estimate of drug-likeness (QED) is 0.576. The van der Waals surface area contributed by atoms with Crippen LogP contribution in [0.1, 0.15) is 40.0 Å². The summed E-state index contributed by atoms with van der Waals surface area (Å²) in [5.74, 6) is 1.63. The maximum Gasteiger partial charge on any atom is 0.0428 e. The zero-order chi connectivity index (χ0) is 9.40. The molecular formula is C10H24N2. The van der Waals surface area contributed by atoms with Crippen molar-refractivity contribution in [1.29, 1.82) is 0 Å². The maximum atomic E-state index is 5.40. The molecule has 0 aliphatic heterocycles. The van der Waals surface area contributed by atoms with Crippen LogP contribution in [0.4, 0.5) is 0 Å². The normalized spacial score (nSPS) is 16.0. The monoisotopic (exact) mass is 172 g/mol. The lowest BCUT2D eigenvalue weighted by Gasteiger charge is -2.22. The van der Waals surface area contributed by atoms with Gasteiger partial charge < -0.3 is 11.1 Å². The minimum atomic E-state index is 0.608. The van der Waals surface area contributed by atoms with E-state index in [0.717, 1.165) is 18.4 Å². The number of rotatable bonds is 7. The fourth-order valence-electron chi connectivity index (χ4n) is 1.56. The summed E-state index contributed by atoms with van der Waals surface area (Å²) in [7, 11) is 0. The van der Waals surface area contributed by atoms with Crippen molar-refractivity contribution in [1.82, 2.24) is 5.32 Å². The average molecular weight is 172 g/mol. The Kier molecular flexibility index (Phi) is 7.51. The first-order valence-electron chi connectivity index (χ1n) is 5.16. The lowest BCUT2D eigenvalue weighted by Crippen LogP contribution is -2.31. The molecule has 0 fully saturated rings. The molecule has 2 atom stereocenters. The Morgan fingerprint density at radius 2 is 2.00 bits per heavy atom. The molecule has 0 spiro atoms. The van der Waals surface area contributed by atoms with Gasteiger partial charge in [0.25, 0.3) is 0 Å². The zero-order valence-corrected chi connectivity index (χ0v) is 8.77. The number of nitrogens with two attached hydrogens (primary N) is 1. The molecule has 0 aromatic carbocycles. The van der Waals surface area contributed by atoms with E-state index in [4.69, 9.17) is 5.73 Å². The summed E-state index contributed by atoms with van der Waals surface area (Å²) in [5.41, 5.74) is 5.40. The van der Waals surface area contributed by atoms with E-state index in [1.54, 1.807) is 0 Å². The standard InChI is InChI=1S/C10H24N2/c1-4-6-10(7-12-8-11)9(3)5-2/h9-10,12H,4-8,11H2,1-3H3. The summed E-state index contributed by atoms with van der Waals surface area (Å²) in [6.45, 7) is 8.53. The van der Waals surface area contributed by atoms with Crippen molar-refractivity contribution in [3.8, 4) is 0 Å². The molecule has 2 heteroatoms. The molecule has 0 aliphatic rings.